The maximum atomic E-state index is 13.5. The molecule has 2 unspecified atom stereocenters. The van der Waals surface area contributed by atoms with Crippen molar-refractivity contribution in [2.75, 3.05) is 16.8 Å². The van der Waals surface area contributed by atoms with Gasteiger partial charge in [0.15, 0.2) is 0 Å². The summed E-state index contributed by atoms with van der Waals surface area (Å²) in [5.74, 6) is -1.05. The third-order valence-electron chi connectivity index (χ3n) is 4.71. The van der Waals surface area contributed by atoms with Crippen molar-refractivity contribution in [1.82, 2.24) is 10.6 Å². The standard InChI is InChI=1S/C20H20ClFN4O4/c1-10-15(4-3-5-16(10)26-18(28)11(2)24-20(26)30)25-19(29)23-9-17(27)12-6-7-13(21)14(22)8-12/h3-8,11,17,27H,9H2,1-2H3,(H,24,30)(H2,23,25,29). The average molecular weight is 435 g/mol. The van der Waals surface area contributed by atoms with Gasteiger partial charge in [0, 0.05) is 12.2 Å². The van der Waals surface area contributed by atoms with E-state index in [9.17, 15) is 23.9 Å². The monoisotopic (exact) mass is 434 g/mol. The third-order valence-corrected chi connectivity index (χ3v) is 5.02. The van der Waals surface area contributed by atoms with Crippen molar-refractivity contribution in [3.05, 3.63) is 58.4 Å². The van der Waals surface area contributed by atoms with Crippen molar-refractivity contribution in [2.24, 2.45) is 0 Å². The van der Waals surface area contributed by atoms with Crippen molar-refractivity contribution < 1.29 is 23.9 Å². The molecule has 8 nitrogen and oxygen atoms in total. The van der Waals surface area contributed by atoms with E-state index in [0.29, 0.717) is 16.9 Å². The van der Waals surface area contributed by atoms with Crippen LogP contribution in [0.5, 0.6) is 0 Å². The number of urea groups is 2. The topological polar surface area (TPSA) is 111 Å². The summed E-state index contributed by atoms with van der Waals surface area (Å²) < 4.78 is 13.5. The van der Waals surface area contributed by atoms with Gasteiger partial charge in [0.25, 0.3) is 5.91 Å². The molecule has 0 radical (unpaired) electrons. The van der Waals surface area contributed by atoms with Crippen molar-refractivity contribution in [3.63, 3.8) is 0 Å². The molecule has 0 spiro atoms. The van der Waals surface area contributed by atoms with E-state index in [1.807, 2.05) is 0 Å². The van der Waals surface area contributed by atoms with Crippen LogP contribution in [0.25, 0.3) is 0 Å². The number of benzene rings is 2. The lowest BCUT2D eigenvalue weighted by Gasteiger charge is -2.19. The lowest BCUT2D eigenvalue weighted by atomic mass is 10.1. The minimum Gasteiger partial charge on any atom is -0.387 e. The summed E-state index contributed by atoms with van der Waals surface area (Å²) in [6.45, 7) is 3.08. The number of carbonyl (C=O) groups is 3. The van der Waals surface area contributed by atoms with Gasteiger partial charge in [-0.05, 0) is 49.2 Å². The number of hydrogen-bond acceptors (Lipinski definition) is 4. The van der Waals surface area contributed by atoms with Crippen LogP contribution in [0.2, 0.25) is 5.02 Å². The number of halogens is 2. The number of rotatable bonds is 5. The highest BCUT2D eigenvalue weighted by Gasteiger charge is 2.37. The van der Waals surface area contributed by atoms with Gasteiger partial charge in [-0.1, -0.05) is 23.7 Å². The van der Waals surface area contributed by atoms with Crippen molar-refractivity contribution >= 4 is 40.9 Å². The Morgan fingerprint density at radius 3 is 2.70 bits per heavy atom. The molecule has 1 heterocycles. The number of imide groups is 1. The van der Waals surface area contributed by atoms with Crippen LogP contribution in [0.15, 0.2) is 36.4 Å². The van der Waals surface area contributed by atoms with Crippen LogP contribution in [0.3, 0.4) is 0 Å². The zero-order valence-corrected chi connectivity index (χ0v) is 17.0. The van der Waals surface area contributed by atoms with Gasteiger partial charge in [-0.25, -0.2) is 18.9 Å². The predicted octanol–water partition coefficient (Wildman–Crippen LogP) is 3.09. The minimum absolute atomic E-state index is 0.0634. The summed E-state index contributed by atoms with van der Waals surface area (Å²) in [4.78, 5) is 37.6. The Morgan fingerprint density at radius 1 is 1.33 bits per heavy atom. The number of carbonyl (C=O) groups excluding carboxylic acids is 3. The van der Waals surface area contributed by atoms with Gasteiger partial charge in [0.1, 0.15) is 11.9 Å². The number of anilines is 2. The fraction of sp³-hybridized carbons (Fsp3) is 0.250. The van der Waals surface area contributed by atoms with E-state index < -0.39 is 30.0 Å². The van der Waals surface area contributed by atoms with Crippen LogP contribution >= 0.6 is 11.6 Å². The summed E-state index contributed by atoms with van der Waals surface area (Å²) >= 11 is 5.62. The minimum atomic E-state index is -1.14. The van der Waals surface area contributed by atoms with Crippen LogP contribution in [0.4, 0.5) is 25.4 Å². The molecule has 10 heteroatoms. The van der Waals surface area contributed by atoms with E-state index in [4.69, 9.17) is 11.6 Å². The molecular weight excluding hydrogens is 415 g/mol. The SMILES string of the molecule is Cc1c(NC(=O)NCC(O)c2ccc(Cl)c(F)c2)cccc1N1C(=O)NC(C)C1=O. The van der Waals surface area contributed by atoms with Crippen LogP contribution in [-0.2, 0) is 4.79 Å². The van der Waals surface area contributed by atoms with Gasteiger partial charge in [-0.3, -0.25) is 4.79 Å². The van der Waals surface area contributed by atoms with E-state index in [1.165, 1.54) is 12.1 Å². The van der Waals surface area contributed by atoms with Crippen molar-refractivity contribution in [3.8, 4) is 0 Å². The molecule has 0 saturated carbocycles. The second-order valence-electron chi connectivity index (χ2n) is 6.82. The molecule has 2 aromatic carbocycles. The molecular formula is C20H20ClFN4O4. The molecule has 0 aliphatic carbocycles. The Bertz CT molecular complexity index is 1020. The van der Waals surface area contributed by atoms with Gasteiger partial charge in [0.05, 0.1) is 16.8 Å². The molecule has 0 bridgehead atoms. The number of nitrogens with zero attached hydrogens (tertiary/aromatic N) is 1. The second-order valence-corrected chi connectivity index (χ2v) is 7.23. The number of aliphatic hydroxyl groups is 1. The first-order chi connectivity index (χ1) is 14.2. The van der Waals surface area contributed by atoms with E-state index >= 15 is 0 Å². The van der Waals surface area contributed by atoms with Crippen molar-refractivity contribution in [1.29, 1.82) is 0 Å². The number of amides is 5. The van der Waals surface area contributed by atoms with Crippen LogP contribution in [0, 0.1) is 12.7 Å². The van der Waals surface area contributed by atoms with E-state index in [0.717, 1.165) is 11.0 Å². The molecule has 1 saturated heterocycles. The quantitative estimate of drug-likeness (QED) is 0.542. The maximum Gasteiger partial charge on any atom is 0.329 e. The largest absolute Gasteiger partial charge is 0.387 e. The summed E-state index contributed by atoms with van der Waals surface area (Å²) in [6, 6.07) is 6.92. The molecule has 2 aromatic rings. The first kappa shape index (κ1) is 21.5. The van der Waals surface area contributed by atoms with E-state index in [1.54, 1.807) is 32.0 Å². The van der Waals surface area contributed by atoms with Gasteiger partial charge < -0.3 is 21.1 Å². The van der Waals surface area contributed by atoms with Crippen molar-refractivity contribution in [2.45, 2.75) is 26.0 Å². The predicted molar refractivity (Wildman–Crippen MR) is 110 cm³/mol. The van der Waals surface area contributed by atoms with Crippen LogP contribution in [-0.4, -0.2) is 35.7 Å². The lowest BCUT2D eigenvalue weighted by molar-refractivity contribution is -0.117. The van der Waals surface area contributed by atoms with E-state index in [2.05, 4.69) is 16.0 Å². The molecule has 1 aliphatic heterocycles. The summed E-state index contributed by atoms with van der Waals surface area (Å²) in [7, 11) is 0. The van der Waals surface area contributed by atoms with Gasteiger partial charge in [-0.2, -0.15) is 0 Å². The second kappa shape index (κ2) is 8.68. The van der Waals surface area contributed by atoms with Crippen LogP contribution < -0.4 is 20.9 Å². The molecule has 0 aromatic heterocycles. The summed E-state index contributed by atoms with van der Waals surface area (Å²) in [5.41, 5.74) is 1.53. The first-order valence-corrected chi connectivity index (χ1v) is 9.48. The van der Waals surface area contributed by atoms with Gasteiger partial charge in [-0.15, -0.1) is 0 Å². The molecule has 1 aliphatic rings. The smallest absolute Gasteiger partial charge is 0.329 e. The normalized spacial score (nSPS) is 17.0. The van der Waals surface area contributed by atoms with Gasteiger partial charge >= 0.3 is 12.1 Å². The molecule has 30 heavy (non-hydrogen) atoms. The molecule has 158 valence electrons. The average Bonchev–Trinajstić information content (AvgIpc) is 2.95. The number of aliphatic hydroxyl groups excluding tert-OH is 1. The Balaban J connectivity index is 1.66. The highest BCUT2D eigenvalue weighted by atomic mass is 35.5. The number of nitrogens with one attached hydrogen (secondary N) is 3. The van der Waals surface area contributed by atoms with Gasteiger partial charge in [0.2, 0.25) is 0 Å². The third kappa shape index (κ3) is 4.37. The lowest BCUT2D eigenvalue weighted by Crippen LogP contribution is -2.33. The molecule has 3 rings (SSSR count). The van der Waals surface area contributed by atoms with Crippen LogP contribution in [0.1, 0.15) is 24.2 Å². The Labute approximate surface area is 177 Å². The Hall–Kier alpha value is -3.17. The molecule has 1 fully saturated rings. The summed E-state index contributed by atoms with van der Waals surface area (Å²) in [6.07, 6.45) is -1.14. The highest BCUT2D eigenvalue weighted by molar-refractivity contribution is 6.30. The Kier molecular flexibility index (Phi) is 6.23. The molecule has 2 atom stereocenters. The molecule has 4 N–H and O–H groups in total. The van der Waals surface area contributed by atoms with E-state index in [-0.39, 0.29) is 23.0 Å². The summed E-state index contributed by atoms with van der Waals surface area (Å²) in [5, 5.41) is 17.7. The zero-order chi connectivity index (χ0) is 22.0. The Morgan fingerprint density at radius 2 is 2.07 bits per heavy atom. The molecule has 5 amide bonds. The number of hydrogen-bond donors (Lipinski definition) is 4. The zero-order valence-electron chi connectivity index (χ0n) is 16.2. The fourth-order valence-electron chi connectivity index (χ4n) is 3.03. The highest BCUT2D eigenvalue weighted by Crippen LogP contribution is 2.29. The maximum absolute atomic E-state index is 13.5. The first-order valence-electron chi connectivity index (χ1n) is 9.11. The fourth-order valence-corrected chi connectivity index (χ4v) is 3.15.